The maximum atomic E-state index is 11.2. The van der Waals surface area contributed by atoms with Crippen LogP contribution in [0, 0.1) is 0 Å². The van der Waals surface area contributed by atoms with Gasteiger partial charge in [0.2, 0.25) is 0 Å². The van der Waals surface area contributed by atoms with Crippen molar-refractivity contribution in [2.45, 2.75) is 39.2 Å². The predicted octanol–water partition coefficient (Wildman–Crippen LogP) is 1.41. The first-order valence-electron chi connectivity index (χ1n) is 5.90. The lowest BCUT2D eigenvalue weighted by atomic mass is 10.1. The van der Waals surface area contributed by atoms with Crippen LogP contribution in [0.15, 0.2) is 17.2 Å². The molecule has 17 heavy (non-hydrogen) atoms. The molecular formula is C11H17N5O. The highest BCUT2D eigenvalue weighted by atomic mass is 16.1. The third-order valence-electron chi connectivity index (χ3n) is 2.69. The van der Waals surface area contributed by atoms with Gasteiger partial charge in [0.15, 0.2) is 5.65 Å². The highest BCUT2D eigenvalue weighted by Gasteiger charge is 2.05. The van der Waals surface area contributed by atoms with Gasteiger partial charge in [-0.05, 0) is 13.3 Å². The fourth-order valence-corrected chi connectivity index (χ4v) is 1.72. The first-order chi connectivity index (χ1) is 8.20. The van der Waals surface area contributed by atoms with Crippen molar-refractivity contribution >= 4 is 11.5 Å². The molecule has 6 nitrogen and oxygen atoms in total. The van der Waals surface area contributed by atoms with E-state index in [9.17, 15) is 4.79 Å². The normalized spacial score (nSPS) is 12.8. The van der Waals surface area contributed by atoms with Crippen molar-refractivity contribution in [2.24, 2.45) is 0 Å². The second-order valence-corrected chi connectivity index (χ2v) is 4.22. The summed E-state index contributed by atoms with van der Waals surface area (Å²) in [5, 5.41) is 9.57. The highest BCUT2D eigenvalue weighted by Crippen LogP contribution is 2.09. The Bertz CT molecular complexity index is 544. The molecule has 2 aromatic rings. The van der Waals surface area contributed by atoms with Gasteiger partial charge in [-0.15, -0.1) is 0 Å². The van der Waals surface area contributed by atoms with Crippen LogP contribution < -0.4 is 11.0 Å². The average molecular weight is 235 g/mol. The van der Waals surface area contributed by atoms with E-state index in [1.165, 1.54) is 23.6 Å². The van der Waals surface area contributed by atoms with Gasteiger partial charge in [-0.1, -0.05) is 19.8 Å². The zero-order valence-corrected chi connectivity index (χ0v) is 10.1. The van der Waals surface area contributed by atoms with Gasteiger partial charge in [0.05, 0.1) is 0 Å². The molecule has 0 radical (unpaired) electrons. The Hall–Kier alpha value is -1.85. The van der Waals surface area contributed by atoms with Gasteiger partial charge >= 0.3 is 5.69 Å². The van der Waals surface area contributed by atoms with E-state index >= 15 is 0 Å². The van der Waals surface area contributed by atoms with Gasteiger partial charge in [0, 0.05) is 12.1 Å². The second kappa shape index (κ2) is 4.99. The molecule has 1 unspecified atom stereocenters. The van der Waals surface area contributed by atoms with Crippen molar-refractivity contribution in [3.05, 3.63) is 22.9 Å². The van der Waals surface area contributed by atoms with Crippen LogP contribution in [0.5, 0.6) is 0 Å². The molecule has 92 valence electrons. The Morgan fingerprint density at radius 1 is 1.59 bits per heavy atom. The molecule has 2 aromatic heterocycles. The molecule has 0 bridgehead atoms. The number of H-pyrrole nitrogens is 1. The average Bonchev–Trinajstić information content (AvgIpc) is 2.68. The Balaban J connectivity index is 2.11. The van der Waals surface area contributed by atoms with Crippen molar-refractivity contribution in [3.8, 4) is 0 Å². The molecule has 0 aromatic carbocycles. The summed E-state index contributed by atoms with van der Waals surface area (Å²) in [5.74, 6) is 0.750. The van der Waals surface area contributed by atoms with Crippen LogP contribution in [0.3, 0.4) is 0 Å². The maximum absolute atomic E-state index is 11.2. The number of unbranched alkanes of at least 4 members (excludes halogenated alkanes) is 1. The molecule has 0 spiro atoms. The van der Waals surface area contributed by atoms with Crippen LogP contribution >= 0.6 is 0 Å². The first-order valence-corrected chi connectivity index (χ1v) is 5.90. The summed E-state index contributed by atoms with van der Waals surface area (Å²) in [5.41, 5.74) is 0.313. The molecule has 0 aliphatic rings. The highest BCUT2D eigenvalue weighted by molar-refractivity contribution is 5.48. The number of hydrogen-bond donors (Lipinski definition) is 2. The maximum Gasteiger partial charge on any atom is 0.348 e. The van der Waals surface area contributed by atoms with E-state index in [-0.39, 0.29) is 5.69 Å². The van der Waals surface area contributed by atoms with Gasteiger partial charge in [0.25, 0.3) is 0 Å². The third-order valence-corrected chi connectivity index (χ3v) is 2.69. The van der Waals surface area contributed by atoms with Crippen molar-refractivity contribution < 1.29 is 0 Å². The summed E-state index contributed by atoms with van der Waals surface area (Å²) < 4.78 is 1.38. The van der Waals surface area contributed by atoms with Crippen LogP contribution in [-0.4, -0.2) is 25.6 Å². The predicted molar refractivity (Wildman–Crippen MR) is 66.2 cm³/mol. The third kappa shape index (κ3) is 2.64. The summed E-state index contributed by atoms with van der Waals surface area (Å²) in [4.78, 5) is 15.4. The largest absolute Gasteiger partial charge is 0.367 e. The lowest BCUT2D eigenvalue weighted by Gasteiger charge is -2.13. The van der Waals surface area contributed by atoms with Crippen LogP contribution in [0.1, 0.15) is 33.1 Å². The monoisotopic (exact) mass is 235 g/mol. The molecule has 0 saturated carbocycles. The minimum absolute atomic E-state index is 0.266. The lowest BCUT2D eigenvalue weighted by molar-refractivity contribution is 0.643. The number of rotatable bonds is 5. The molecule has 2 N–H and O–H groups in total. The summed E-state index contributed by atoms with van der Waals surface area (Å²) in [6.07, 6.45) is 4.97. The van der Waals surface area contributed by atoms with E-state index in [2.05, 4.69) is 34.3 Å². The number of aromatic amines is 1. The first kappa shape index (κ1) is 11.6. The van der Waals surface area contributed by atoms with Crippen molar-refractivity contribution in [1.82, 2.24) is 19.6 Å². The lowest BCUT2D eigenvalue weighted by Crippen LogP contribution is -2.16. The van der Waals surface area contributed by atoms with Crippen molar-refractivity contribution in [2.75, 3.05) is 5.32 Å². The SMILES string of the molecule is CCCCC(C)Nc1cc2n[nH]c(=O)n2cn1. The molecule has 0 aliphatic heterocycles. The van der Waals surface area contributed by atoms with Crippen LogP contribution in [-0.2, 0) is 0 Å². The Morgan fingerprint density at radius 3 is 3.18 bits per heavy atom. The number of nitrogens with one attached hydrogen (secondary N) is 2. The number of fused-ring (bicyclic) bond motifs is 1. The van der Waals surface area contributed by atoms with Crippen LogP contribution in [0.4, 0.5) is 5.82 Å². The summed E-state index contributed by atoms with van der Waals surface area (Å²) in [6, 6.07) is 2.14. The molecular weight excluding hydrogens is 218 g/mol. The fourth-order valence-electron chi connectivity index (χ4n) is 1.72. The van der Waals surface area contributed by atoms with Crippen LogP contribution in [0.2, 0.25) is 0 Å². The zero-order valence-electron chi connectivity index (χ0n) is 10.1. The Morgan fingerprint density at radius 2 is 2.41 bits per heavy atom. The molecule has 1 atom stereocenters. The standard InChI is InChI=1S/C11H17N5O/c1-3-4-5-8(2)13-9-6-10-14-15-11(17)16(10)7-12-9/h6-8,13H,3-5H2,1-2H3,(H,15,17). The molecule has 0 fully saturated rings. The fraction of sp³-hybridized carbons (Fsp3) is 0.545. The van der Waals surface area contributed by atoms with E-state index in [1.54, 1.807) is 6.07 Å². The number of anilines is 1. The molecule has 0 saturated heterocycles. The van der Waals surface area contributed by atoms with Crippen LogP contribution in [0.25, 0.3) is 5.65 Å². The van der Waals surface area contributed by atoms with E-state index in [4.69, 9.17) is 0 Å². The zero-order chi connectivity index (χ0) is 12.3. The topological polar surface area (TPSA) is 75.1 Å². The van der Waals surface area contributed by atoms with Gasteiger partial charge in [-0.2, -0.15) is 5.10 Å². The Kier molecular flexibility index (Phi) is 3.41. The van der Waals surface area contributed by atoms with E-state index in [0.29, 0.717) is 11.7 Å². The summed E-state index contributed by atoms with van der Waals surface area (Å²) >= 11 is 0. The quantitative estimate of drug-likeness (QED) is 0.821. The number of nitrogens with zero attached hydrogens (tertiary/aromatic N) is 3. The van der Waals surface area contributed by atoms with Crippen molar-refractivity contribution in [3.63, 3.8) is 0 Å². The molecule has 0 aliphatic carbocycles. The molecule has 0 amide bonds. The minimum atomic E-state index is -0.266. The molecule has 2 heterocycles. The summed E-state index contributed by atoms with van der Waals surface area (Å²) in [7, 11) is 0. The van der Waals surface area contributed by atoms with E-state index in [1.807, 2.05) is 0 Å². The minimum Gasteiger partial charge on any atom is -0.367 e. The van der Waals surface area contributed by atoms with E-state index in [0.717, 1.165) is 12.2 Å². The van der Waals surface area contributed by atoms with Gasteiger partial charge in [-0.3, -0.25) is 0 Å². The van der Waals surface area contributed by atoms with Gasteiger partial charge in [0.1, 0.15) is 12.1 Å². The van der Waals surface area contributed by atoms with Crippen molar-refractivity contribution in [1.29, 1.82) is 0 Å². The number of aromatic nitrogens is 4. The second-order valence-electron chi connectivity index (χ2n) is 4.22. The Labute approximate surface area is 99.1 Å². The van der Waals surface area contributed by atoms with Gasteiger partial charge in [-0.25, -0.2) is 19.3 Å². The van der Waals surface area contributed by atoms with E-state index < -0.39 is 0 Å². The number of hydrogen-bond acceptors (Lipinski definition) is 4. The molecule has 6 heteroatoms. The summed E-state index contributed by atoms with van der Waals surface area (Å²) in [6.45, 7) is 4.30. The molecule has 2 rings (SSSR count). The smallest absolute Gasteiger partial charge is 0.348 e. The van der Waals surface area contributed by atoms with Gasteiger partial charge < -0.3 is 5.32 Å².